The van der Waals surface area contributed by atoms with E-state index in [0.29, 0.717) is 35.5 Å². The molecule has 0 aliphatic carbocycles. The second-order valence-corrected chi connectivity index (χ2v) is 16.7. The quantitative estimate of drug-likeness (QED) is 0.183. The minimum atomic E-state index is -0.149. The first-order chi connectivity index (χ1) is 20.9. The molecule has 45 heavy (non-hydrogen) atoms. The molecule has 2 heteroatoms. The van der Waals surface area contributed by atoms with Gasteiger partial charge in [-0.1, -0.05) is 164 Å². The average Bonchev–Trinajstić information content (AvgIpc) is 2.95. The zero-order chi connectivity index (χ0) is 33.8. The van der Waals surface area contributed by atoms with Gasteiger partial charge < -0.3 is 4.43 Å². The zero-order valence-electron chi connectivity index (χ0n) is 31.2. The molecule has 3 rings (SSSR count). The molecule has 3 aromatic carbocycles. The van der Waals surface area contributed by atoms with Crippen molar-refractivity contribution < 1.29 is 4.43 Å². The van der Waals surface area contributed by atoms with Crippen LogP contribution in [0, 0.1) is 5.41 Å². The van der Waals surface area contributed by atoms with E-state index < -0.39 is 0 Å². The van der Waals surface area contributed by atoms with Crippen molar-refractivity contribution in [1.29, 1.82) is 0 Å². The highest BCUT2D eigenvalue weighted by molar-refractivity contribution is 6.36. The van der Waals surface area contributed by atoms with Crippen molar-refractivity contribution in [3.05, 3.63) is 110 Å². The van der Waals surface area contributed by atoms with E-state index in [4.69, 9.17) is 4.43 Å². The van der Waals surface area contributed by atoms with E-state index >= 15 is 0 Å². The molecule has 0 spiro atoms. The summed E-state index contributed by atoms with van der Waals surface area (Å²) >= 11 is 0. The van der Waals surface area contributed by atoms with Crippen LogP contribution in [0.3, 0.4) is 0 Å². The summed E-state index contributed by atoms with van der Waals surface area (Å²) in [5.74, 6) is 2.49. The third kappa shape index (κ3) is 8.89. The van der Waals surface area contributed by atoms with Gasteiger partial charge in [0.25, 0.3) is 9.76 Å². The maximum absolute atomic E-state index is 7.38. The Bertz CT molecular complexity index is 1300. The van der Waals surface area contributed by atoms with Gasteiger partial charge in [0.2, 0.25) is 0 Å². The third-order valence-corrected chi connectivity index (χ3v) is 9.94. The summed E-state index contributed by atoms with van der Waals surface area (Å²) in [4.78, 5) is 0. The van der Waals surface area contributed by atoms with E-state index in [1.807, 2.05) is 0 Å². The molecule has 0 atom stereocenters. The average molecular weight is 623 g/mol. The fourth-order valence-corrected chi connectivity index (χ4v) is 7.56. The first-order valence-electron chi connectivity index (χ1n) is 17.5. The number of allylic oxidation sites excluding steroid dienone is 1. The molecule has 0 unspecified atom stereocenters. The van der Waals surface area contributed by atoms with Crippen LogP contribution in [-0.4, -0.2) is 9.76 Å². The number of rotatable bonds is 12. The van der Waals surface area contributed by atoms with E-state index in [9.17, 15) is 0 Å². The maximum Gasteiger partial charge on any atom is 0.262 e. The van der Waals surface area contributed by atoms with Crippen LogP contribution >= 0.6 is 0 Å². The Morgan fingerprint density at radius 1 is 0.556 bits per heavy atom. The molecule has 0 fully saturated rings. The molecule has 0 aliphatic rings. The second-order valence-electron chi connectivity index (χ2n) is 15.9. The summed E-state index contributed by atoms with van der Waals surface area (Å²) in [6.45, 7) is 35.0. The van der Waals surface area contributed by atoms with Gasteiger partial charge in [-0.05, 0) is 96.6 Å². The second kappa shape index (κ2) is 15.4. The SMILES string of the molecule is CC(C)c1cc(C(C)C)c(C(O[Si]/C=C(\c2ccccc2)C(C)(C)C)c2c(C(C)C)cc(C(C)C)cc2C(C)C)c(C(C)C)c1. The monoisotopic (exact) mass is 622 g/mol. The van der Waals surface area contributed by atoms with Crippen LogP contribution < -0.4 is 0 Å². The molecule has 0 aromatic heterocycles. The van der Waals surface area contributed by atoms with Gasteiger partial charge in [0.05, 0.1) is 6.10 Å². The zero-order valence-corrected chi connectivity index (χ0v) is 32.2. The normalized spacial score (nSPS) is 13.2. The standard InChI is InChI=1S/C43H62OSi/c1-26(2)33-21-35(28(5)6)40(36(22-33)29(7)8)42(44-45-25-39(43(13,14)15)32-19-17-16-18-20-32)41-37(30(9)10)23-34(27(3)4)24-38(41)31(11)12/h16-31,42H,1-15H3/b39-25+. The molecule has 0 N–H and O–H groups in total. The lowest BCUT2D eigenvalue weighted by Gasteiger charge is -2.33. The summed E-state index contributed by atoms with van der Waals surface area (Å²) in [7, 11) is 0.226. The van der Waals surface area contributed by atoms with E-state index in [1.165, 1.54) is 55.6 Å². The summed E-state index contributed by atoms with van der Waals surface area (Å²) in [5.41, 5.74) is 16.4. The van der Waals surface area contributed by atoms with Crippen LogP contribution in [0.1, 0.15) is 196 Å². The predicted octanol–water partition coefficient (Wildman–Crippen LogP) is 13.2. The Labute approximate surface area is 280 Å². The molecule has 1 nitrogen and oxygen atoms in total. The van der Waals surface area contributed by atoms with E-state index in [1.54, 1.807) is 0 Å². The van der Waals surface area contributed by atoms with Crippen molar-refractivity contribution in [3.63, 3.8) is 0 Å². The highest BCUT2D eigenvalue weighted by Crippen LogP contribution is 2.45. The summed E-state index contributed by atoms with van der Waals surface area (Å²) in [5, 5.41) is 0. The molecule has 2 radical (unpaired) electrons. The van der Waals surface area contributed by atoms with Crippen LogP contribution in [-0.2, 0) is 4.43 Å². The van der Waals surface area contributed by atoms with Gasteiger partial charge in [-0.3, -0.25) is 0 Å². The number of hydrogen-bond donors (Lipinski definition) is 0. The van der Waals surface area contributed by atoms with Crippen molar-refractivity contribution in [2.24, 2.45) is 5.41 Å². The molecule has 0 heterocycles. The van der Waals surface area contributed by atoms with Gasteiger partial charge in [0, 0.05) is 0 Å². The number of hydrogen-bond acceptors (Lipinski definition) is 1. The lowest BCUT2D eigenvalue weighted by molar-refractivity contribution is 0.258. The number of benzene rings is 3. The van der Waals surface area contributed by atoms with Crippen molar-refractivity contribution >= 4 is 15.3 Å². The molecule has 0 aliphatic heterocycles. The Kier molecular flexibility index (Phi) is 12.7. The summed E-state index contributed by atoms with van der Waals surface area (Å²) < 4.78 is 7.38. The van der Waals surface area contributed by atoms with Crippen LogP contribution in [0.2, 0.25) is 0 Å². The van der Waals surface area contributed by atoms with Crippen LogP contribution in [0.5, 0.6) is 0 Å². The smallest absolute Gasteiger partial charge is 0.262 e. The van der Waals surface area contributed by atoms with Gasteiger partial charge in [-0.15, -0.1) is 0 Å². The van der Waals surface area contributed by atoms with E-state index in [0.717, 1.165) is 0 Å². The Morgan fingerprint density at radius 2 is 0.911 bits per heavy atom. The van der Waals surface area contributed by atoms with Gasteiger partial charge >= 0.3 is 0 Å². The predicted molar refractivity (Wildman–Crippen MR) is 200 cm³/mol. The first-order valence-corrected chi connectivity index (χ1v) is 18.5. The van der Waals surface area contributed by atoms with Crippen LogP contribution in [0.15, 0.2) is 60.3 Å². The molecular weight excluding hydrogens is 561 g/mol. The minimum absolute atomic E-state index is 0.00338. The topological polar surface area (TPSA) is 9.23 Å². The van der Waals surface area contributed by atoms with Crippen LogP contribution in [0.25, 0.3) is 5.57 Å². The van der Waals surface area contributed by atoms with Gasteiger partial charge in [-0.25, -0.2) is 0 Å². The Balaban J connectivity index is 2.43. The Hall–Kier alpha value is -2.42. The highest BCUT2D eigenvalue weighted by atomic mass is 28.2. The molecule has 244 valence electrons. The first kappa shape index (κ1) is 37.0. The van der Waals surface area contributed by atoms with Gasteiger partial charge in [0.15, 0.2) is 0 Å². The molecule has 3 aromatic rings. The fraction of sp³-hybridized carbons (Fsp3) is 0.535. The fourth-order valence-electron chi connectivity index (χ4n) is 6.40. The van der Waals surface area contributed by atoms with Gasteiger partial charge in [-0.2, -0.15) is 0 Å². The molecule has 0 amide bonds. The largest absolute Gasteiger partial charge is 0.401 e. The summed E-state index contributed by atoms with van der Waals surface area (Å²) in [6, 6.07) is 20.8. The van der Waals surface area contributed by atoms with Gasteiger partial charge in [0.1, 0.15) is 0 Å². The Morgan fingerprint density at radius 3 is 1.20 bits per heavy atom. The molecule has 0 saturated carbocycles. The van der Waals surface area contributed by atoms with Crippen molar-refractivity contribution in [1.82, 2.24) is 0 Å². The third-order valence-electron chi connectivity index (χ3n) is 9.16. The lowest BCUT2D eigenvalue weighted by atomic mass is 9.76. The van der Waals surface area contributed by atoms with Crippen molar-refractivity contribution in [3.8, 4) is 0 Å². The van der Waals surface area contributed by atoms with Crippen molar-refractivity contribution in [2.45, 2.75) is 145 Å². The minimum Gasteiger partial charge on any atom is -0.401 e. The van der Waals surface area contributed by atoms with E-state index in [-0.39, 0.29) is 21.3 Å². The molecular formula is C43H62OSi. The summed E-state index contributed by atoms with van der Waals surface area (Å²) in [6.07, 6.45) is -0.149. The molecule has 0 saturated heterocycles. The lowest BCUT2D eigenvalue weighted by Crippen LogP contribution is -2.21. The van der Waals surface area contributed by atoms with Crippen molar-refractivity contribution in [2.75, 3.05) is 0 Å². The maximum atomic E-state index is 7.38. The van der Waals surface area contributed by atoms with E-state index in [2.05, 4.69) is 164 Å². The molecule has 0 bridgehead atoms. The van der Waals surface area contributed by atoms with Crippen LogP contribution in [0.4, 0.5) is 0 Å². The highest BCUT2D eigenvalue weighted by Gasteiger charge is 2.31.